The minimum absolute atomic E-state index is 0.0252. The zero-order valence-corrected chi connectivity index (χ0v) is 26.0. The van der Waals surface area contributed by atoms with Crippen LogP contribution in [0.15, 0.2) is 63.9 Å². The zero-order valence-electron chi connectivity index (χ0n) is 25.2. The van der Waals surface area contributed by atoms with Crippen molar-refractivity contribution in [1.29, 1.82) is 0 Å². The van der Waals surface area contributed by atoms with Crippen molar-refractivity contribution in [3.05, 3.63) is 92.6 Å². The van der Waals surface area contributed by atoms with E-state index in [0.717, 1.165) is 5.56 Å². The van der Waals surface area contributed by atoms with E-state index < -0.39 is 17.7 Å². The molecule has 0 aliphatic heterocycles. The first-order valence-corrected chi connectivity index (χ1v) is 14.7. The van der Waals surface area contributed by atoms with Crippen molar-refractivity contribution in [2.45, 2.75) is 65.6 Å². The van der Waals surface area contributed by atoms with Crippen LogP contribution in [0.5, 0.6) is 0 Å². The van der Waals surface area contributed by atoms with Gasteiger partial charge in [0.25, 0.3) is 11.3 Å². The first-order chi connectivity index (χ1) is 20.4. The first kappa shape index (κ1) is 31.9. The topological polar surface area (TPSA) is 122 Å². The lowest BCUT2D eigenvalue weighted by Crippen LogP contribution is -2.46. The summed E-state index contributed by atoms with van der Waals surface area (Å²) >= 11 is 6.05. The van der Waals surface area contributed by atoms with Crippen LogP contribution in [0.25, 0.3) is 11.1 Å². The summed E-state index contributed by atoms with van der Waals surface area (Å²) in [5.74, 6) is 0.324. The van der Waals surface area contributed by atoms with E-state index >= 15 is 0 Å². The standard InChI is InChI=1S/C32H38ClN5O5/c1-6-25(28-34-29-27(21(2)35-43-29)30(40)37(28)19-22-11-8-7-9-12-22)36(17-10-18-38(31(41)42)32(3,4)5)20-26(39)23-13-15-24(33)16-14-23/h7-9,11-16,25H,6,10,17-20H2,1-5H3,(H,41,42). The van der Waals surface area contributed by atoms with Crippen LogP contribution in [0.4, 0.5) is 4.79 Å². The Morgan fingerprint density at radius 2 is 1.74 bits per heavy atom. The van der Waals surface area contributed by atoms with Crippen LogP contribution in [0.2, 0.25) is 5.02 Å². The number of carbonyl (C=O) groups is 2. The van der Waals surface area contributed by atoms with E-state index in [2.05, 4.69) is 5.16 Å². The van der Waals surface area contributed by atoms with E-state index in [1.54, 1.807) is 35.8 Å². The van der Waals surface area contributed by atoms with Crippen LogP contribution >= 0.6 is 11.6 Å². The van der Waals surface area contributed by atoms with Crippen LogP contribution in [-0.2, 0) is 6.54 Å². The molecule has 228 valence electrons. The maximum Gasteiger partial charge on any atom is 0.407 e. The van der Waals surface area contributed by atoms with Crippen molar-refractivity contribution < 1.29 is 19.2 Å². The summed E-state index contributed by atoms with van der Waals surface area (Å²) in [7, 11) is 0. The molecule has 1 unspecified atom stereocenters. The minimum atomic E-state index is -1.01. The summed E-state index contributed by atoms with van der Waals surface area (Å²) in [6, 6.07) is 15.9. The number of ketones is 1. The molecular formula is C32H38ClN5O5. The van der Waals surface area contributed by atoms with Crippen molar-refractivity contribution in [3.63, 3.8) is 0 Å². The second kappa shape index (κ2) is 13.5. The van der Waals surface area contributed by atoms with Gasteiger partial charge in [0.05, 0.1) is 24.8 Å². The van der Waals surface area contributed by atoms with E-state index in [-0.39, 0.29) is 36.7 Å². The Kier molecular flexibility index (Phi) is 10.0. The number of hydrogen-bond donors (Lipinski definition) is 1. The number of rotatable bonds is 12. The smallest absolute Gasteiger partial charge is 0.407 e. The molecule has 1 amide bonds. The molecule has 11 heteroatoms. The average Bonchev–Trinajstić information content (AvgIpc) is 3.33. The van der Waals surface area contributed by atoms with Gasteiger partial charge in [0, 0.05) is 29.2 Å². The highest BCUT2D eigenvalue weighted by Gasteiger charge is 2.30. The van der Waals surface area contributed by atoms with Gasteiger partial charge in [0.1, 0.15) is 11.2 Å². The number of hydrogen-bond acceptors (Lipinski definition) is 7. The fourth-order valence-corrected chi connectivity index (χ4v) is 5.39. The molecule has 1 atom stereocenters. The predicted octanol–water partition coefficient (Wildman–Crippen LogP) is 6.20. The van der Waals surface area contributed by atoms with Gasteiger partial charge in [-0.1, -0.05) is 54.0 Å². The summed E-state index contributed by atoms with van der Waals surface area (Å²) in [5.41, 5.74) is 1.17. The summed E-state index contributed by atoms with van der Waals surface area (Å²) < 4.78 is 7.08. The summed E-state index contributed by atoms with van der Waals surface area (Å²) in [5, 5.41) is 14.7. The Balaban J connectivity index is 1.76. The average molecular weight is 608 g/mol. The molecule has 4 rings (SSSR count). The highest BCUT2D eigenvalue weighted by molar-refractivity contribution is 6.30. The Labute approximate surface area is 255 Å². The van der Waals surface area contributed by atoms with Crippen LogP contribution < -0.4 is 5.56 Å². The largest absolute Gasteiger partial charge is 0.465 e. The van der Waals surface area contributed by atoms with Crippen LogP contribution in [0.3, 0.4) is 0 Å². The molecule has 0 bridgehead atoms. The van der Waals surface area contributed by atoms with Crippen LogP contribution in [0, 0.1) is 6.92 Å². The number of carbonyl (C=O) groups excluding carboxylic acids is 1. The molecule has 2 aromatic carbocycles. The summed E-state index contributed by atoms with van der Waals surface area (Å²) in [6.45, 7) is 10.2. The lowest BCUT2D eigenvalue weighted by atomic mass is 10.1. The number of benzene rings is 2. The van der Waals surface area contributed by atoms with Gasteiger partial charge < -0.3 is 14.5 Å². The number of nitrogens with zero attached hydrogens (tertiary/aromatic N) is 5. The molecule has 4 aromatic rings. The third kappa shape index (κ3) is 7.50. The van der Waals surface area contributed by atoms with Gasteiger partial charge in [0.15, 0.2) is 5.78 Å². The van der Waals surface area contributed by atoms with E-state index in [1.165, 1.54) is 4.90 Å². The Morgan fingerprint density at radius 3 is 2.35 bits per heavy atom. The van der Waals surface area contributed by atoms with E-state index in [4.69, 9.17) is 21.1 Å². The third-order valence-corrected chi connectivity index (χ3v) is 7.74. The molecule has 0 spiro atoms. The molecule has 0 saturated carbocycles. The van der Waals surface area contributed by atoms with E-state index in [9.17, 15) is 19.5 Å². The number of carboxylic acid groups (broad SMARTS) is 1. The monoisotopic (exact) mass is 607 g/mol. The van der Waals surface area contributed by atoms with Gasteiger partial charge in [-0.25, -0.2) is 4.79 Å². The predicted molar refractivity (Wildman–Crippen MR) is 166 cm³/mol. The van der Waals surface area contributed by atoms with Crippen LogP contribution in [-0.4, -0.2) is 66.7 Å². The second-order valence-corrected chi connectivity index (χ2v) is 12.0. The van der Waals surface area contributed by atoms with E-state index in [1.807, 2.05) is 62.9 Å². The molecule has 0 aliphatic carbocycles. The maximum atomic E-state index is 13.9. The number of amides is 1. The van der Waals surface area contributed by atoms with Gasteiger partial charge in [-0.3, -0.25) is 19.1 Å². The SMILES string of the molecule is CCC(c1nc2onc(C)c2c(=O)n1Cc1ccccc1)N(CCCN(C(=O)O)C(C)(C)C)CC(=O)c1ccc(Cl)cc1. The van der Waals surface area contributed by atoms with Gasteiger partial charge in [-0.05, 0) is 70.4 Å². The molecule has 0 radical (unpaired) electrons. The fraction of sp³-hybridized carbons (Fsp3) is 0.406. The van der Waals surface area contributed by atoms with Gasteiger partial charge in [-0.15, -0.1) is 0 Å². The molecular weight excluding hydrogens is 570 g/mol. The van der Waals surface area contributed by atoms with Crippen molar-refractivity contribution in [2.75, 3.05) is 19.6 Å². The quantitative estimate of drug-likeness (QED) is 0.189. The minimum Gasteiger partial charge on any atom is -0.465 e. The number of aryl methyl sites for hydroxylation is 1. The number of aromatic nitrogens is 3. The van der Waals surface area contributed by atoms with Crippen molar-refractivity contribution in [1.82, 2.24) is 24.5 Å². The second-order valence-electron chi connectivity index (χ2n) is 11.6. The number of fused-ring (bicyclic) bond motifs is 1. The Morgan fingerprint density at radius 1 is 1.07 bits per heavy atom. The highest BCUT2D eigenvalue weighted by Crippen LogP contribution is 2.26. The molecule has 10 nitrogen and oxygen atoms in total. The highest BCUT2D eigenvalue weighted by atomic mass is 35.5. The van der Waals surface area contributed by atoms with Gasteiger partial charge in [0.2, 0.25) is 0 Å². The zero-order chi connectivity index (χ0) is 31.3. The Hall–Kier alpha value is -4.02. The molecule has 0 saturated heterocycles. The van der Waals surface area contributed by atoms with Crippen molar-refractivity contribution in [3.8, 4) is 0 Å². The summed E-state index contributed by atoms with van der Waals surface area (Å²) in [4.78, 5) is 47.6. The molecule has 2 aromatic heterocycles. The lowest BCUT2D eigenvalue weighted by Gasteiger charge is -2.35. The maximum absolute atomic E-state index is 13.9. The Bertz CT molecular complexity index is 1630. The van der Waals surface area contributed by atoms with Crippen LogP contribution in [0.1, 0.15) is 74.0 Å². The van der Waals surface area contributed by atoms with Gasteiger partial charge in [-0.2, -0.15) is 4.98 Å². The van der Waals surface area contributed by atoms with E-state index in [0.29, 0.717) is 46.9 Å². The molecule has 43 heavy (non-hydrogen) atoms. The summed E-state index contributed by atoms with van der Waals surface area (Å²) in [6.07, 6.45) is -0.0243. The third-order valence-electron chi connectivity index (χ3n) is 7.49. The van der Waals surface area contributed by atoms with Crippen molar-refractivity contribution in [2.24, 2.45) is 0 Å². The normalized spacial score (nSPS) is 12.5. The molecule has 0 fully saturated rings. The first-order valence-electron chi connectivity index (χ1n) is 14.3. The van der Waals surface area contributed by atoms with Gasteiger partial charge >= 0.3 is 6.09 Å². The molecule has 1 N–H and O–H groups in total. The number of Topliss-reactive ketones (excluding diaryl/α,β-unsaturated/α-hetero) is 1. The van der Waals surface area contributed by atoms with Crippen molar-refractivity contribution >= 4 is 34.6 Å². The number of halogens is 1. The lowest BCUT2D eigenvalue weighted by molar-refractivity contribution is 0.0816. The molecule has 2 heterocycles. The molecule has 0 aliphatic rings. The fourth-order valence-electron chi connectivity index (χ4n) is 5.27.